The number of rotatable bonds is 2. The van der Waals surface area contributed by atoms with Gasteiger partial charge in [0.15, 0.2) is 0 Å². The van der Waals surface area contributed by atoms with Gasteiger partial charge in [-0.1, -0.05) is 12.2 Å². The maximum Gasteiger partial charge on any atom is 0.267 e. The molecule has 0 bridgehead atoms. The van der Waals surface area contributed by atoms with Gasteiger partial charge in [-0.2, -0.15) is 0 Å². The highest BCUT2D eigenvalue weighted by molar-refractivity contribution is 7.80. The molecule has 62 valence electrons. The third-order valence-corrected chi connectivity index (χ3v) is 1.54. The molecular formula is C7H7N3OS. The molecule has 1 heterocycles. The van der Waals surface area contributed by atoms with Crippen LogP contribution >= 0.6 is 12.2 Å². The van der Waals surface area contributed by atoms with Crippen LogP contribution in [-0.4, -0.2) is 15.9 Å². The topological polar surface area (TPSA) is 82.0 Å². The van der Waals surface area contributed by atoms with E-state index in [0.717, 1.165) is 0 Å². The van der Waals surface area contributed by atoms with Crippen molar-refractivity contribution in [2.45, 2.75) is 0 Å². The van der Waals surface area contributed by atoms with Gasteiger partial charge in [-0.3, -0.25) is 9.78 Å². The summed E-state index contributed by atoms with van der Waals surface area (Å²) in [6.07, 6.45) is 1.42. The third kappa shape index (κ3) is 1.76. The lowest BCUT2D eigenvalue weighted by Crippen LogP contribution is -2.15. The number of hydrogen-bond donors (Lipinski definition) is 2. The second kappa shape index (κ2) is 3.27. The molecule has 1 rings (SSSR count). The van der Waals surface area contributed by atoms with Crippen molar-refractivity contribution in [1.82, 2.24) is 4.98 Å². The molecule has 0 aliphatic carbocycles. The molecule has 0 aliphatic heterocycles. The molecule has 1 aromatic rings. The van der Waals surface area contributed by atoms with Gasteiger partial charge in [0, 0.05) is 11.8 Å². The Bertz CT molecular complexity index is 287. The first-order chi connectivity index (χ1) is 5.61. The summed E-state index contributed by atoms with van der Waals surface area (Å²) in [6, 6.07) is 3.09. The Balaban J connectivity index is 3.01. The first-order valence-electron chi connectivity index (χ1n) is 3.17. The van der Waals surface area contributed by atoms with E-state index in [9.17, 15) is 4.79 Å². The van der Waals surface area contributed by atoms with Gasteiger partial charge in [-0.15, -0.1) is 0 Å². The number of nitrogens with two attached hydrogens (primary N) is 2. The number of thiocarbonyl (C=S) groups is 1. The maximum atomic E-state index is 10.6. The van der Waals surface area contributed by atoms with E-state index in [2.05, 4.69) is 4.98 Å². The van der Waals surface area contributed by atoms with E-state index in [1.807, 2.05) is 0 Å². The first-order valence-corrected chi connectivity index (χ1v) is 3.58. The molecule has 12 heavy (non-hydrogen) atoms. The molecule has 0 aromatic carbocycles. The second-order valence-corrected chi connectivity index (χ2v) is 2.60. The number of hydrogen-bond acceptors (Lipinski definition) is 3. The molecule has 1 amide bonds. The number of amides is 1. The highest BCUT2D eigenvalue weighted by Crippen LogP contribution is 1.98. The molecule has 0 spiro atoms. The molecule has 0 unspecified atom stereocenters. The standard InChI is InChI=1S/C7H7N3OS/c8-6(11)5-2-1-4(3-10-5)7(9)12/h1-3H,(H2,8,11)(H2,9,12). The Kier molecular flexibility index (Phi) is 2.35. The highest BCUT2D eigenvalue weighted by atomic mass is 32.1. The Labute approximate surface area is 74.6 Å². The largest absolute Gasteiger partial charge is 0.389 e. The zero-order valence-electron chi connectivity index (χ0n) is 6.15. The van der Waals surface area contributed by atoms with Crippen LogP contribution in [0.25, 0.3) is 0 Å². The molecular weight excluding hydrogens is 174 g/mol. The van der Waals surface area contributed by atoms with Gasteiger partial charge in [-0.25, -0.2) is 0 Å². The van der Waals surface area contributed by atoms with Gasteiger partial charge < -0.3 is 11.5 Å². The second-order valence-electron chi connectivity index (χ2n) is 2.16. The molecule has 4 N–H and O–H groups in total. The van der Waals surface area contributed by atoms with E-state index in [1.165, 1.54) is 12.3 Å². The lowest BCUT2D eigenvalue weighted by atomic mass is 10.2. The lowest BCUT2D eigenvalue weighted by Gasteiger charge is -1.97. The maximum absolute atomic E-state index is 10.6. The quantitative estimate of drug-likeness (QED) is 0.620. The van der Waals surface area contributed by atoms with E-state index in [-0.39, 0.29) is 10.7 Å². The molecule has 5 heteroatoms. The van der Waals surface area contributed by atoms with Crippen LogP contribution < -0.4 is 11.5 Å². The summed E-state index contributed by atoms with van der Waals surface area (Å²) in [5.74, 6) is -0.565. The van der Waals surface area contributed by atoms with Gasteiger partial charge >= 0.3 is 0 Å². The molecule has 0 saturated heterocycles. The summed E-state index contributed by atoms with van der Waals surface area (Å²) >= 11 is 4.69. The van der Waals surface area contributed by atoms with Crippen LogP contribution in [0.4, 0.5) is 0 Å². The summed E-state index contributed by atoms with van der Waals surface area (Å²) in [7, 11) is 0. The van der Waals surface area contributed by atoms with E-state index < -0.39 is 5.91 Å². The average molecular weight is 181 g/mol. The number of primary amides is 1. The first kappa shape index (κ1) is 8.61. The Morgan fingerprint density at radius 1 is 1.42 bits per heavy atom. The van der Waals surface area contributed by atoms with Crippen molar-refractivity contribution in [3.63, 3.8) is 0 Å². The van der Waals surface area contributed by atoms with Crippen molar-refractivity contribution in [2.75, 3.05) is 0 Å². The molecule has 0 fully saturated rings. The number of aromatic nitrogens is 1. The van der Waals surface area contributed by atoms with Crippen LogP contribution in [0.15, 0.2) is 18.3 Å². The van der Waals surface area contributed by atoms with Gasteiger partial charge in [0.2, 0.25) is 0 Å². The predicted octanol–water partition coefficient (Wildman–Crippen LogP) is -0.185. The molecule has 1 aromatic heterocycles. The van der Waals surface area contributed by atoms with Crippen molar-refractivity contribution in [1.29, 1.82) is 0 Å². The summed E-state index contributed by atoms with van der Waals surface area (Å²) in [6.45, 7) is 0. The Hall–Kier alpha value is -1.49. The van der Waals surface area contributed by atoms with Crippen LogP contribution in [0.1, 0.15) is 16.1 Å². The average Bonchev–Trinajstić information content (AvgIpc) is 2.04. The normalized spacial score (nSPS) is 9.33. The molecule has 0 aliphatic rings. The van der Waals surface area contributed by atoms with E-state index in [0.29, 0.717) is 5.56 Å². The monoisotopic (exact) mass is 181 g/mol. The van der Waals surface area contributed by atoms with Crippen molar-refractivity contribution in [3.05, 3.63) is 29.6 Å². The predicted molar refractivity (Wildman–Crippen MR) is 48.6 cm³/mol. The lowest BCUT2D eigenvalue weighted by molar-refractivity contribution is 0.0995. The summed E-state index contributed by atoms with van der Waals surface area (Å²) in [4.78, 5) is 14.6. The fourth-order valence-corrected chi connectivity index (χ4v) is 0.806. The number of carbonyl (C=O) groups is 1. The number of carbonyl (C=O) groups excluding carboxylic acids is 1. The van der Waals surface area contributed by atoms with E-state index in [4.69, 9.17) is 23.7 Å². The number of nitrogens with zero attached hydrogens (tertiary/aromatic N) is 1. The van der Waals surface area contributed by atoms with E-state index >= 15 is 0 Å². The zero-order chi connectivity index (χ0) is 9.14. The molecule has 0 atom stereocenters. The van der Waals surface area contributed by atoms with Crippen LogP contribution in [0.3, 0.4) is 0 Å². The molecule has 0 saturated carbocycles. The van der Waals surface area contributed by atoms with Crippen molar-refractivity contribution >= 4 is 23.1 Å². The Morgan fingerprint density at radius 3 is 2.42 bits per heavy atom. The van der Waals surface area contributed by atoms with Crippen molar-refractivity contribution in [2.24, 2.45) is 11.5 Å². The summed E-state index contributed by atoms with van der Waals surface area (Å²) in [5.41, 5.74) is 11.1. The van der Waals surface area contributed by atoms with Crippen molar-refractivity contribution < 1.29 is 4.79 Å². The minimum absolute atomic E-state index is 0.204. The highest BCUT2D eigenvalue weighted by Gasteiger charge is 2.01. The minimum atomic E-state index is -0.565. The van der Waals surface area contributed by atoms with Crippen molar-refractivity contribution in [3.8, 4) is 0 Å². The SMILES string of the molecule is NC(=O)c1ccc(C(N)=S)cn1. The van der Waals surface area contributed by atoms with Gasteiger partial charge in [0.25, 0.3) is 5.91 Å². The fourth-order valence-electron chi connectivity index (χ4n) is 0.685. The van der Waals surface area contributed by atoms with Crippen LogP contribution in [0, 0.1) is 0 Å². The van der Waals surface area contributed by atoms with E-state index in [1.54, 1.807) is 6.07 Å². The van der Waals surface area contributed by atoms with Crippen LogP contribution in [0.2, 0.25) is 0 Å². The van der Waals surface area contributed by atoms with Gasteiger partial charge in [0.05, 0.1) is 0 Å². The Morgan fingerprint density at radius 2 is 2.08 bits per heavy atom. The summed E-state index contributed by atoms with van der Waals surface area (Å²) < 4.78 is 0. The van der Waals surface area contributed by atoms with Gasteiger partial charge in [-0.05, 0) is 12.1 Å². The third-order valence-electron chi connectivity index (χ3n) is 1.30. The summed E-state index contributed by atoms with van der Waals surface area (Å²) in [5, 5.41) is 0. The number of pyridine rings is 1. The van der Waals surface area contributed by atoms with Crippen LogP contribution in [0.5, 0.6) is 0 Å². The van der Waals surface area contributed by atoms with Gasteiger partial charge in [0.1, 0.15) is 10.7 Å². The fraction of sp³-hybridized carbons (Fsp3) is 0. The smallest absolute Gasteiger partial charge is 0.267 e. The zero-order valence-corrected chi connectivity index (χ0v) is 6.97. The minimum Gasteiger partial charge on any atom is -0.389 e. The molecule has 0 radical (unpaired) electrons. The molecule has 4 nitrogen and oxygen atoms in total. The van der Waals surface area contributed by atoms with Crippen LogP contribution in [-0.2, 0) is 0 Å².